The molecule has 0 heterocycles. The topological polar surface area (TPSA) is 106 Å². The van der Waals surface area contributed by atoms with Crippen molar-refractivity contribution >= 4 is 17.9 Å². The Kier molecular flexibility index (Phi) is 6.12. The van der Waals surface area contributed by atoms with E-state index in [1.54, 1.807) is 45.0 Å². The van der Waals surface area contributed by atoms with Gasteiger partial charge in [-0.15, -0.1) is 0 Å². The Morgan fingerprint density at radius 2 is 1.78 bits per heavy atom. The Morgan fingerprint density at radius 3 is 2.22 bits per heavy atom. The number of amides is 1. The summed E-state index contributed by atoms with van der Waals surface area (Å²) in [4.78, 5) is 24.9. The number of hydrogen-bond donors (Lipinski definition) is 2. The number of benzene rings is 1. The third-order valence-corrected chi connectivity index (χ3v) is 2.76. The van der Waals surface area contributed by atoms with Crippen molar-refractivity contribution in [2.75, 3.05) is 13.7 Å². The number of esters is 1. The van der Waals surface area contributed by atoms with E-state index in [1.165, 1.54) is 12.0 Å². The van der Waals surface area contributed by atoms with Gasteiger partial charge in [0.25, 0.3) is 0 Å². The number of nitrogens with one attached hydrogen (secondary N) is 1. The van der Waals surface area contributed by atoms with Crippen molar-refractivity contribution < 1.29 is 19.1 Å². The Hall–Kier alpha value is -2.57. The number of hydrogen-bond acceptors (Lipinski definition) is 5. The molecule has 1 amide bonds. The van der Waals surface area contributed by atoms with Gasteiger partial charge in [-0.3, -0.25) is 10.3 Å². The number of ether oxygens (including phenoxy) is 2. The molecule has 0 saturated heterocycles. The van der Waals surface area contributed by atoms with Crippen LogP contribution in [-0.2, 0) is 16.0 Å². The van der Waals surface area contributed by atoms with Crippen LogP contribution >= 0.6 is 0 Å². The summed E-state index contributed by atoms with van der Waals surface area (Å²) in [6.45, 7) is 5.48. The lowest BCUT2D eigenvalue weighted by Gasteiger charge is -2.27. The average Bonchev–Trinajstić information content (AvgIpc) is 2.44. The molecule has 1 aromatic rings. The summed E-state index contributed by atoms with van der Waals surface area (Å²) in [7, 11) is 1.31. The van der Waals surface area contributed by atoms with Gasteiger partial charge in [-0.05, 0) is 38.5 Å². The van der Waals surface area contributed by atoms with Crippen LogP contribution in [0.3, 0.4) is 0 Å². The number of rotatable bonds is 5. The SMILES string of the molecule is COC(=O)c1ccc(CN(CC(=N)N)C(=O)OC(C)(C)C)cc1. The van der Waals surface area contributed by atoms with E-state index in [1.807, 2.05) is 0 Å². The normalized spacial score (nSPS) is 10.8. The van der Waals surface area contributed by atoms with Crippen LogP contribution in [-0.4, -0.2) is 42.1 Å². The highest BCUT2D eigenvalue weighted by Gasteiger charge is 2.23. The zero-order valence-corrected chi connectivity index (χ0v) is 13.9. The van der Waals surface area contributed by atoms with Crippen molar-refractivity contribution in [3.05, 3.63) is 35.4 Å². The maximum Gasteiger partial charge on any atom is 0.410 e. The molecule has 0 radical (unpaired) electrons. The molecule has 7 heteroatoms. The number of nitrogens with zero attached hydrogens (tertiary/aromatic N) is 1. The lowest BCUT2D eigenvalue weighted by molar-refractivity contribution is 0.0263. The monoisotopic (exact) mass is 321 g/mol. The van der Waals surface area contributed by atoms with Gasteiger partial charge in [-0.1, -0.05) is 12.1 Å². The molecule has 1 rings (SSSR count). The highest BCUT2D eigenvalue weighted by molar-refractivity contribution is 5.89. The molecule has 0 fully saturated rings. The lowest BCUT2D eigenvalue weighted by atomic mass is 10.1. The Bertz CT molecular complexity index is 576. The summed E-state index contributed by atoms with van der Waals surface area (Å²) in [5, 5.41) is 7.40. The smallest absolute Gasteiger partial charge is 0.410 e. The highest BCUT2D eigenvalue weighted by atomic mass is 16.6. The maximum atomic E-state index is 12.2. The quantitative estimate of drug-likeness (QED) is 0.491. The summed E-state index contributed by atoms with van der Waals surface area (Å²) >= 11 is 0. The summed E-state index contributed by atoms with van der Waals surface area (Å²) in [5.41, 5.74) is 5.97. The van der Waals surface area contributed by atoms with Gasteiger partial charge in [-0.2, -0.15) is 0 Å². The Balaban J connectivity index is 2.86. The molecule has 126 valence electrons. The molecule has 0 bridgehead atoms. The minimum Gasteiger partial charge on any atom is -0.465 e. The highest BCUT2D eigenvalue weighted by Crippen LogP contribution is 2.13. The molecule has 7 nitrogen and oxygen atoms in total. The molecule has 0 aliphatic rings. The predicted molar refractivity (Wildman–Crippen MR) is 86.3 cm³/mol. The van der Waals surface area contributed by atoms with Gasteiger partial charge in [0.1, 0.15) is 11.4 Å². The van der Waals surface area contributed by atoms with Crippen LogP contribution in [0.4, 0.5) is 4.79 Å². The van der Waals surface area contributed by atoms with E-state index >= 15 is 0 Å². The van der Waals surface area contributed by atoms with Crippen LogP contribution in [0.1, 0.15) is 36.7 Å². The van der Waals surface area contributed by atoms with Crippen LogP contribution in [0.5, 0.6) is 0 Å². The van der Waals surface area contributed by atoms with Crippen LogP contribution in [0.2, 0.25) is 0 Å². The average molecular weight is 321 g/mol. The van der Waals surface area contributed by atoms with E-state index < -0.39 is 17.7 Å². The van der Waals surface area contributed by atoms with Gasteiger partial charge in [0.15, 0.2) is 0 Å². The third kappa shape index (κ3) is 6.37. The summed E-state index contributed by atoms with van der Waals surface area (Å²) in [5.74, 6) is -0.564. The zero-order chi connectivity index (χ0) is 17.6. The minimum atomic E-state index is -0.638. The molecule has 1 aromatic carbocycles. The zero-order valence-electron chi connectivity index (χ0n) is 13.9. The van der Waals surface area contributed by atoms with Gasteiger partial charge >= 0.3 is 12.1 Å². The molecule has 0 aliphatic heterocycles. The van der Waals surface area contributed by atoms with Gasteiger partial charge in [-0.25, -0.2) is 9.59 Å². The first-order valence-corrected chi connectivity index (χ1v) is 7.10. The second kappa shape index (κ2) is 7.62. The van der Waals surface area contributed by atoms with E-state index in [-0.39, 0.29) is 18.9 Å². The fraction of sp³-hybridized carbons (Fsp3) is 0.438. The minimum absolute atomic E-state index is 0.0341. The van der Waals surface area contributed by atoms with Gasteiger partial charge < -0.3 is 15.2 Å². The number of carbonyl (C=O) groups excluding carboxylic acids is 2. The van der Waals surface area contributed by atoms with Crippen LogP contribution in [0.15, 0.2) is 24.3 Å². The summed E-state index contributed by atoms with van der Waals surface area (Å²) in [6.07, 6.45) is -0.551. The van der Waals surface area contributed by atoms with Crippen molar-refractivity contribution in [1.82, 2.24) is 4.90 Å². The maximum absolute atomic E-state index is 12.2. The largest absolute Gasteiger partial charge is 0.465 e. The van der Waals surface area contributed by atoms with E-state index in [0.717, 1.165) is 5.56 Å². The molecule has 23 heavy (non-hydrogen) atoms. The molecule has 0 aromatic heterocycles. The summed E-state index contributed by atoms with van der Waals surface area (Å²) in [6, 6.07) is 6.65. The number of methoxy groups -OCH3 is 1. The molecule has 0 aliphatic carbocycles. The number of nitrogens with two attached hydrogens (primary N) is 1. The van der Waals surface area contributed by atoms with Crippen LogP contribution in [0, 0.1) is 5.41 Å². The van der Waals surface area contributed by atoms with Gasteiger partial charge in [0.2, 0.25) is 0 Å². The molecule has 0 spiro atoms. The van der Waals surface area contributed by atoms with Crippen molar-refractivity contribution in [1.29, 1.82) is 5.41 Å². The van der Waals surface area contributed by atoms with Crippen molar-refractivity contribution in [2.45, 2.75) is 32.9 Å². The van der Waals surface area contributed by atoms with E-state index in [9.17, 15) is 9.59 Å². The van der Waals surface area contributed by atoms with Crippen molar-refractivity contribution in [2.24, 2.45) is 5.73 Å². The van der Waals surface area contributed by atoms with Crippen molar-refractivity contribution in [3.63, 3.8) is 0 Å². The fourth-order valence-electron chi connectivity index (χ4n) is 1.80. The standard InChI is InChI=1S/C16H23N3O4/c1-16(2,3)23-15(21)19(10-13(17)18)9-11-5-7-12(8-6-11)14(20)22-4/h5-8H,9-10H2,1-4H3,(H3,17,18). The second-order valence-electron chi connectivity index (χ2n) is 6.05. The first-order valence-electron chi connectivity index (χ1n) is 7.10. The van der Waals surface area contributed by atoms with E-state index in [4.69, 9.17) is 15.9 Å². The van der Waals surface area contributed by atoms with Gasteiger partial charge in [0, 0.05) is 6.54 Å². The fourth-order valence-corrected chi connectivity index (χ4v) is 1.80. The molecular formula is C16H23N3O4. The molecule has 0 unspecified atom stereocenters. The number of carbonyl (C=O) groups is 2. The molecule has 0 atom stereocenters. The predicted octanol–water partition coefficient (Wildman–Crippen LogP) is 2.15. The van der Waals surface area contributed by atoms with Crippen LogP contribution in [0.25, 0.3) is 0 Å². The first-order chi connectivity index (χ1) is 10.6. The molecular weight excluding hydrogens is 298 g/mol. The molecule has 0 saturated carbocycles. The number of amidine groups is 1. The van der Waals surface area contributed by atoms with Gasteiger partial charge in [0.05, 0.1) is 19.2 Å². The second-order valence-corrected chi connectivity index (χ2v) is 6.05. The Morgan fingerprint density at radius 1 is 1.22 bits per heavy atom. The lowest BCUT2D eigenvalue weighted by Crippen LogP contribution is -2.41. The van der Waals surface area contributed by atoms with E-state index in [0.29, 0.717) is 5.56 Å². The summed E-state index contributed by atoms with van der Waals surface area (Å²) < 4.78 is 9.95. The van der Waals surface area contributed by atoms with Crippen LogP contribution < -0.4 is 5.73 Å². The first kappa shape index (κ1) is 18.5. The molecule has 3 N–H and O–H groups in total. The third-order valence-electron chi connectivity index (χ3n) is 2.76. The van der Waals surface area contributed by atoms with Crippen molar-refractivity contribution in [3.8, 4) is 0 Å². The Labute approximate surface area is 135 Å². The van der Waals surface area contributed by atoms with E-state index in [2.05, 4.69) is 4.74 Å².